The van der Waals surface area contributed by atoms with Gasteiger partial charge in [-0.15, -0.1) is 0 Å². The molecule has 0 atom stereocenters. The van der Waals surface area contributed by atoms with E-state index in [0.717, 1.165) is 21.6 Å². The Labute approximate surface area is 165 Å². The van der Waals surface area contributed by atoms with E-state index < -0.39 is 11.5 Å². The summed E-state index contributed by atoms with van der Waals surface area (Å²) in [5.41, 5.74) is 3.45. The van der Waals surface area contributed by atoms with E-state index in [1.54, 1.807) is 11.6 Å². The number of aromatic nitrogens is 4. The summed E-state index contributed by atoms with van der Waals surface area (Å²) in [7, 11) is 0. The number of anilines is 1. The molecule has 0 spiro atoms. The van der Waals surface area contributed by atoms with Gasteiger partial charge < -0.3 is 5.32 Å². The van der Waals surface area contributed by atoms with E-state index in [1.807, 2.05) is 38.1 Å². The van der Waals surface area contributed by atoms with Gasteiger partial charge >= 0.3 is 0 Å². The second-order valence-corrected chi connectivity index (χ2v) is 6.90. The number of rotatable bonds is 4. The minimum absolute atomic E-state index is 0.0457. The van der Waals surface area contributed by atoms with Crippen molar-refractivity contribution in [3.05, 3.63) is 67.8 Å². The Morgan fingerprint density at radius 1 is 1.15 bits per heavy atom. The van der Waals surface area contributed by atoms with Gasteiger partial charge in [-0.05, 0) is 32.9 Å². The molecular formula is C18H17Cl2N5O2. The predicted molar refractivity (Wildman–Crippen MR) is 105 cm³/mol. The van der Waals surface area contributed by atoms with E-state index in [4.69, 9.17) is 23.2 Å². The fraction of sp³-hybridized carbons (Fsp3) is 0.222. The van der Waals surface area contributed by atoms with Crippen LogP contribution in [0.1, 0.15) is 17.0 Å². The first-order chi connectivity index (χ1) is 12.8. The molecule has 3 aromatic rings. The normalized spacial score (nSPS) is 10.9. The molecule has 0 aliphatic rings. The molecule has 0 radical (unpaired) electrons. The van der Waals surface area contributed by atoms with Crippen molar-refractivity contribution >= 4 is 34.8 Å². The number of amides is 1. The van der Waals surface area contributed by atoms with Gasteiger partial charge in [0.25, 0.3) is 5.56 Å². The van der Waals surface area contributed by atoms with Crippen LogP contribution in [0.5, 0.6) is 0 Å². The smallest absolute Gasteiger partial charge is 0.287 e. The summed E-state index contributed by atoms with van der Waals surface area (Å²) < 4.78 is 2.71. The Morgan fingerprint density at radius 3 is 2.48 bits per heavy atom. The average Bonchev–Trinajstić information content (AvgIpc) is 2.91. The minimum Gasteiger partial charge on any atom is -0.321 e. The lowest BCUT2D eigenvalue weighted by molar-refractivity contribution is -0.117. The Morgan fingerprint density at radius 2 is 1.81 bits per heavy atom. The zero-order valence-corrected chi connectivity index (χ0v) is 16.5. The number of hydrogen-bond acceptors (Lipinski definition) is 4. The molecule has 9 heteroatoms. The van der Waals surface area contributed by atoms with Crippen LogP contribution in [0.25, 0.3) is 5.69 Å². The zero-order chi connectivity index (χ0) is 19.7. The summed E-state index contributed by atoms with van der Waals surface area (Å²) in [5, 5.41) is 11.0. The first kappa shape index (κ1) is 19.1. The van der Waals surface area contributed by atoms with Crippen LogP contribution in [0.4, 0.5) is 5.69 Å². The molecule has 0 fully saturated rings. The van der Waals surface area contributed by atoms with Gasteiger partial charge in [0, 0.05) is 0 Å². The second kappa shape index (κ2) is 7.54. The van der Waals surface area contributed by atoms with Crippen molar-refractivity contribution in [2.24, 2.45) is 0 Å². The van der Waals surface area contributed by atoms with Crippen LogP contribution in [-0.4, -0.2) is 25.5 Å². The molecule has 0 saturated heterocycles. The highest BCUT2D eigenvalue weighted by molar-refractivity contribution is 6.41. The van der Waals surface area contributed by atoms with E-state index in [1.165, 1.54) is 6.20 Å². The lowest BCUT2D eigenvalue weighted by Gasteiger charge is -2.08. The fourth-order valence-electron chi connectivity index (χ4n) is 2.63. The van der Waals surface area contributed by atoms with Crippen LogP contribution >= 0.6 is 23.2 Å². The van der Waals surface area contributed by atoms with Crippen LogP contribution in [0, 0.1) is 20.8 Å². The van der Waals surface area contributed by atoms with Crippen molar-refractivity contribution in [2.45, 2.75) is 27.3 Å². The molecule has 0 unspecified atom stereocenters. The lowest BCUT2D eigenvalue weighted by Crippen LogP contribution is -2.30. The molecule has 7 nitrogen and oxygen atoms in total. The molecule has 140 valence electrons. The third-order valence-corrected chi connectivity index (χ3v) is 4.82. The molecule has 2 aromatic heterocycles. The highest BCUT2D eigenvalue weighted by atomic mass is 35.5. The van der Waals surface area contributed by atoms with Gasteiger partial charge in [0.15, 0.2) is 0 Å². The molecular weight excluding hydrogens is 389 g/mol. The van der Waals surface area contributed by atoms with Crippen LogP contribution in [-0.2, 0) is 11.3 Å². The molecule has 0 aliphatic carbocycles. The second-order valence-electron chi connectivity index (χ2n) is 6.11. The molecule has 0 bridgehead atoms. The van der Waals surface area contributed by atoms with Gasteiger partial charge in [0.05, 0.1) is 34.0 Å². The Hall–Kier alpha value is -2.64. The number of nitrogens with zero attached hydrogens (tertiary/aromatic N) is 4. The maximum absolute atomic E-state index is 12.4. The van der Waals surface area contributed by atoms with Crippen molar-refractivity contribution in [1.82, 2.24) is 19.6 Å². The number of carbonyl (C=O) groups is 1. The van der Waals surface area contributed by atoms with Gasteiger partial charge in [-0.3, -0.25) is 9.59 Å². The zero-order valence-electron chi connectivity index (χ0n) is 15.0. The number of aryl methyl sites for hydroxylation is 2. The molecule has 2 heterocycles. The van der Waals surface area contributed by atoms with Gasteiger partial charge in [0.1, 0.15) is 11.6 Å². The minimum atomic E-state index is -0.622. The summed E-state index contributed by atoms with van der Waals surface area (Å²) in [6.07, 6.45) is 1.23. The summed E-state index contributed by atoms with van der Waals surface area (Å²) in [6, 6.07) is 7.90. The number of hydrogen-bond donors (Lipinski definition) is 1. The number of carbonyl (C=O) groups excluding carboxylic acids is 1. The summed E-state index contributed by atoms with van der Waals surface area (Å²) in [6.45, 7) is 5.38. The van der Waals surface area contributed by atoms with Gasteiger partial charge in [-0.1, -0.05) is 40.9 Å². The standard InChI is InChI=1S/C18H17Cl2N5O2/c1-10-4-6-13(7-5-10)25-12(3)17(11(2)23-25)22-15(26)9-24-18(27)16(20)14(19)8-21-24/h4-8H,9H2,1-3H3,(H,22,26). The molecule has 27 heavy (non-hydrogen) atoms. The first-order valence-corrected chi connectivity index (χ1v) is 8.87. The molecule has 1 aromatic carbocycles. The Bertz CT molecular complexity index is 1070. The van der Waals surface area contributed by atoms with Crippen LogP contribution in [0.2, 0.25) is 10.0 Å². The van der Waals surface area contributed by atoms with E-state index in [9.17, 15) is 9.59 Å². The van der Waals surface area contributed by atoms with E-state index in [2.05, 4.69) is 15.5 Å². The van der Waals surface area contributed by atoms with Crippen LogP contribution < -0.4 is 10.9 Å². The SMILES string of the molecule is Cc1ccc(-n2nc(C)c(NC(=O)Cn3ncc(Cl)c(Cl)c3=O)c2C)cc1. The number of halogens is 2. The predicted octanol–water partition coefficient (Wildman–Crippen LogP) is 3.30. The van der Waals surface area contributed by atoms with Crippen molar-refractivity contribution in [3.63, 3.8) is 0 Å². The van der Waals surface area contributed by atoms with E-state index in [-0.39, 0.29) is 16.6 Å². The third kappa shape index (κ3) is 3.89. The van der Waals surface area contributed by atoms with Gasteiger partial charge in [-0.2, -0.15) is 10.2 Å². The van der Waals surface area contributed by atoms with Gasteiger partial charge in [-0.25, -0.2) is 9.36 Å². The first-order valence-electron chi connectivity index (χ1n) is 8.12. The average molecular weight is 406 g/mol. The number of nitrogens with one attached hydrogen (secondary N) is 1. The van der Waals surface area contributed by atoms with Crippen molar-refractivity contribution < 1.29 is 4.79 Å². The Kier molecular flexibility index (Phi) is 5.34. The molecule has 3 rings (SSSR count). The summed E-state index contributed by atoms with van der Waals surface area (Å²) >= 11 is 11.6. The van der Waals surface area contributed by atoms with E-state index >= 15 is 0 Å². The quantitative estimate of drug-likeness (QED) is 0.721. The number of benzene rings is 1. The van der Waals surface area contributed by atoms with E-state index in [0.29, 0.717) is 11.4 Å². The van der Waals surface area contributed by atoms with Crippen LogP contribution in [0.15, 0.2) is 35.3 Å². The maximum atomic E-state index is 12.4. The molecule has 0 aliphatic heterocycles. The highest BCUT2D eigenvalue weighted by Gasteiger charge is 2.17. The fourth-order valence-corrected chi connectivity index (χ4v) is 2.90. The monoisotopic (exact) mass is 405 g/mol. The highest BCUT2D eigenvalue weighted by Crippen LogP contribution is 2.23. The molecule has 1 N–H and O–H groups in total. The summed E-state index contributed by atoms with van der Waals surface area (Å²) in [5.74, 6) is -0.419. The summed E-state index contributed by atoms with van der Waals surface area (Å²) in [4.78, 5) is 24.4. The molecule has 1 amide bonds. The van der Waals surface area contributed by atoms with Crippen molar-refractivity contribution in [3.8, 4) is 5.69 Å². The molecule has 0 saturated carbocycles. The van der Waals surface area contributed by atoms with Crippen LogP contribution in [0.3, 0.4) is 0 Å². The topological polar surface area (TPSA) is 81.8 Å². The van der Waals surface area contributed by atoms with Gasteiger partial charge in [0.2, 0.25) is 5.91 Å². The largest absolute Gasteiger partial charge is 0.321 e. The Balaban J connectivity index is 1.84. The third-order valence-electron chi connectivity index (χ3n) is 4.07. The lowest BCUT2D eigenvalue weighted by atomic mass is 10.2. The van der Waals surface area contributed by atoms with Crippen molar-refractivity contribution in [2.75, 3.05) is 5.32 Å². The maximum Gasteiger partial charge on any atom is 0.287 e. The van der Waals surface area contributed by atoms with Crippen molar-refractivity contribution in [1.29, 1.82) is 0 Å².